The van der Waals surface area contributed by atoms with E-state index in [1.165, 1.54) is 22.2 Å². The number of nitrogens with zero attached hydrogens (tertiary/aromatic N) is 3. The molecule has 7 nitrogen and oxygen atoms in total. The molecule has 0 atom stereocenters. The Hall–Kier alpha value is -2.65. The Bertz CT molecular complexity index is 984. The number of hydrogen-bond donors (Lipinski definition) is 2. The molecule has 2 aromatic heterocycles. The second kappa shape index (κ2) is 9.90. The first kappa shape index (κ1) is 20.6. The first-order valence-electron chi connectivity index (χ1n) is 9.89. The highest BCUT2D eigenvalue weighted by molar-refractivity contribution is 7.99. The number of benzene rings is 1. The maximum absolute atomic E-state index is 12.1. The van der Waals surface area contributed by atoms with Gasteiger partial charge < -0.3 is 9.88 Å². The van der Waals surface area contributed by atoms with Crippen LogP contribution in [0, 0.1) is 0 Å². The molecule has 2 heterocycles. The van der Waals surface area contributed by atoms with Gasteiger partial charge in [0.15, 0.2) is 5.16 Å². The number of rotatable bonds is 9. The van der Waals surface area contributed by atoms with Crippen LogP contribution in [0.1, 0.15) is 29.1 Å². The van der Waals surface area contributed by atoms with Crippen molar-refractivity contribution in [1.82, 2.24) is 25.4 Å². The van der Waals surface area contributed by atoms with Crippen LogP contribution in [0.4, 0.5) is 4.79 Å². The molecule has 1 aliphatic carbocycles. The summed E-state index contributed by atoms with van der Waals surface area (Å²) >= 11 is 2.99. The highest BCUT2D eigenvalue weighted by Crippen LogP contribution is 2.21. The summed E-state index contributed by atoms with van der Waals surface area (Å²) in [6, 6.07) is 14.2. The monoisotopic (exact) mass is 441 g/mol. The van der Waals surface area contributed by atoms with Crippen LogP contribution in [-0.4, -0.2) is 38.5 Å². The van der Waals surface area contributed by atoms with E-state index in [0.29, 0.717) is 11.6 Å². The number of imide groups is 1. The fourth-order valence-corrected chi connectivity index (χ4v) is 4.46. The van der Waals surface area contributed by atoms with Gasteiger partial charge in [0.1, 0.15) is 5.82 Å². The van der Waals surface area contributed by atoms with Crippen molar-refractivity contribution >= 4 is 35.0 Å². The molecule has 0 aliphatic heterocycles. The first-order valence-corrected chi connectivity index (χ1v) is 11.8. The van der Waals surface area contributed by atoms with Gasteiger partial charge in [0, 0.05) is 23.9 Å². The van der Waals surface area contributed by atoms with E-state index in [2.05, 4.69) is 43.6 Å². The lowest BCUT2D eigenvalue weighted by molar-refractivity contribution is -0.117. The van der Waals surface area contributed by atoms with Gasteiger partial charge >= 0.3 is 6.03 Å². The molecule has 0 unspecified atom stereocenters. The lowest BCUT2D eigenvalue weighted by Crippen LogP contribution is -2.41. The van der Waals surface area contributed by atoms with Crippen molar-refractivity contribution in [1.29, 1.82) is 0 Å². The highest BCUT2D eigenvalue weighted by atomic mass is 32.2. The number of amides is 3. The summed E-state index contributed by atoms with van der Waals surface area (Å²) in [7, 11) is 0. The quantitative estimate of drug-likeness (QED) is 0.498. The number of thioether (sulfide) groups is 1. The van der Waals surface area contributed by atoms with Crippen molar-refractivity contribution in [2.24, 2.45) is 0 Å². The molecule has 1 aromatic carbocycles. The van der Waals surface area contributed by atoms with Crippen molar-refractivity contribution in [2.45, 2.75) is 43.4 Å². The van der Waals surface area contributed by atoms with Crippen molar-refractivity contribution < 1.29 is 9.59 Å². The van der Waals surface area contributed by atoms with Gasteiger partial charge in [0.25, 0.3) is 0 Å². The third kappa shape index (κ3) is 5.93. The molecule has 4 rings (SSSR count). The molecule has 1 aliphatic rings. The molecule has 0 saturated heterocycles. The van der Waals surface area contributed by atoms with Crippen molar-refractivity contribution in [2.75, 3.05) is 5.75 Å². The largest absolute Gasteiger partial charge is 0.335 e. The van der Waals surface area contributed by atoms with Crippen LogP contribution < -0.4 is 10.6 Å². The van der Waals surface area contributed by atoms with Gasteiger partial charge in [0.2, 0.25) is 5.91 Å². The highest BCUT2D eigenvalue weighted by Gasteiger charge is 2.24. The number of carbonyl (C=O) groups is 2. The number of nitrogens with one attached hydrogen (secondary N) is 2. The molecular weight excluding hydrogens is 418 g/mol. The zero-order valence-corrected chi connectivity index (χ0v) is 18.0. The lowest BCUT2D eigenvalue weighted by atomic mass is 10.1. The fraction of sp³-hybridized carbons (Fsp3) is 0.333. The average molecular weight is 442 g/mol. The summed E-state index contributed by atoms with van der Waals surface area (Å²) in [4.78, 5) is 25.1. The maximum atomic E-state index is 12.1. The molecule has 30 heavy (non-hydrogen) atoms. The smallest absolute Gasteiger partial charge is 0.321 e. The van der Waals surface area contributed by atoms with Gasteiger partial charge in [0.05, 0.1) is 5.75 Å². The molecule has 0 radical (unpaired) electrons. The Kier molecular flexibility index (Phi) is 6.81. The lowest BCUT2D eigenvalue weighted by Gasteiger charge is -2.10. The van der Waals surface area contributed by atoms with Crippen LogP contribution >= 0.6 is 23.1 Å². The molecule has 2 N–H and O–H groups in total. The van der Waals surface area contributed by atoms with Gasteiger partial charge in [-0.05, 0) is 36.3 Å². The standard InChI is InChI=1S/C21H23N5O2S2/c27-19(23-20(28)22-16-8-9-16)14-30-21-25-24-18(13-17-7-4-12-29-17)26(21)11-10-15-5-2-1-3-6-15/h1-7,12,16H,8-11,13-14H2,(H2,22,23,27,28). The van der Waals surface area contributed by atoms with Crippen LogP contribution in [0.25, 0.3) is 0 Å². The molecule has 0 spiro atoms. The van der Waals surface area contributed by atoms with E-state index in [9.17, 15) is 9.59 Å². The first-order chi connectivity index (χ1) is 14.7. The molecular formula is C21H23N5O2S2. The topological polar surface area (TPSA) is 88.9 Å². The minimum absolute atomic E-state index is 0.112. The van der Waals surface area contributed by atoms with E-state index in [4.69, 9.17) is 0 Å². The van der Waals surface area contributed by atoms with E-state index < -0.39 is 6.03 Å². The van der Waals surface area contributed by atoms with Crippen LogP contribution in [0.3, 0.4) is 0 Å². The Labute approximate surface area is 183 Å². The van der Waals surface area contributed by atoms with Crippen LogP contribution in [-0.2, 0) is 24.2 Å². The van der Waals surface area contributed by atoms with Gasteiger partial charge in [-0.1, -0.05) is 48.2 Å². The maximum Gasteiger partial charge on any atom is 0.321 e. The summed E-state index contributed by atoms with van der Waals surface area (Å²) in [5, 5.41) is 16.6. The van der Waals surface area contributed by atoms with Crippen LogP contribution in [0.2, 0.25) is 0 Å². The third-order valence-corrected chi connectivity index (χ3v) is 6.51. The van der Waals surface area contributed by atoms with E-state index in [-0.39, 0.29) is 17.7 Å². The Balaban J connectivity index is 1.40. The number of aryl methyl sites for hydroxylation is 1. The Morgan fingerprint density at radius 1 is 1.13 bits per heavy atom. The van der Waals surface area contributed by atoms with Crippen LogP contribution in [0.15, 0.2) is 53.0 Å². The fourth-order valence-electron chi connectivity index (χ4n) is 2.98. The number of aromatic nitrogens is 3. The zero-order chi connectivity index (χ0) is 20.8. The summed E-state index contributed by atoms with van der Waals surface area (Å²) in [5.41, 5.74) is 1.23. The predicted molar refractivity (Wildman–Crippen MR) is 118 cm³/mol. The van der Waals surface area contributed by atoms with E-state index >= 15 is 0 Å². The SMILES string of the molecule is O=C(CSc1nnc(Cc2cccs2)n1CCc1ccccc1)NC(=O)NC1CC1. The number of thiophene rings is 1. The van der Waals surface area contributed by atoms with Crippen molar-refractivity contribution in [3.8, 4) is 0 Å². The number of hydrogen-bond acceptors (Lipinski definition) is 6. The second-order valence-corrected chi connectivity index (χ2v) is 9.10. The van der Waals surface area contributed by atoms with Crippen LogP contribution in [0.5, 0.6) is 0 Å². The number of carbonyl (C=O) groups excluding carboxylic acids is 2. The van der Waals surface area contributed by atoms with Crippen molar-refractivity contribution in [3.05, 3.63) is 64.1 Å². The van der Waals surface area contributed by atoms with E-state index in [0.717, 1.165) is 31.6 Å². The molecule has 9 heteroatoms. The average Bonchev–Trinajstić information content (AvgIpc) is 3.24. The Morgan fingerprint density at radius 2 is 1.97 bits per heavy atom. The summed E-state index contributed by atoms with van der Waals surface area (Å²) < 4.78 is 2.08. The Morgan fingerprint density at radius 3 is 2.70 bits per heavy atom. The molecule has 3 amide bonds. The zero-order valence-electron chi connectivity index (χ0n) is 16.4. The third-order valence-electron chi connectivity index (χ3n) is 4.67. The molecule has 156 valence electrons. The van der Waals surface area contributed by atoms with Gasteiger partial charge in [-0.15, -0.1) is 21.5 Å². The number of urea groups is 1. The van der Waals surface area contributed by atoms with Gasteiger partial charge in [-0.3, -0.25) is 10.1 Å². The van der Waals surface area contributed by atoms with Gasteiger partial charge in [-0.2, -0.15) is 0 Å². The minimum atomic E-state index is -0.424. The predicted octanol–water partition coefficient (Wildman–Crippen LogP) is 3.25. The summed E-state index contributed by atoms with van der Waals surface area (Å²) in [6.07, 6.45) is 3.51. The summed E-state index contributed by atoms with van der Waals surface area (Å²) in [5.74, 6) is 0.652. The summed E-state index contributed by atoms with van der Waals surface area (Å²) in [6.45, 7) is 0.726. The molecule has 3 aromatic rings. The molecule has 1 fully saturated rings. The molecule has 0 bridgehead atoms. The second-order valence-electron chi connectivity index (χ2n) is 7.13. The van der Waals surface area contributed by atoms with E-state index in [1.54, 1.807) is 11.3 Å². The minimum Gasteiger partial charge on any atom is -0.335 e. The van der Waals surface area contributed by atoms with Gasteiger partial charge in [-0.25, -0.2) is 4.79 Å². The molecule has 1 saturated carbocycles. The van der Waals surface area contributed by atoms with E-state index in [1.807, 2.05) is 29.6 Å². The van der Waals surface area contributed by atoms with Crippen molar-refractivity contribution in [3.63, 3.8) is 0 Å². The normalized spacial score (nSPS) is 13.2.